The highest BCUT2D eigenvalue weighted by Gasteiger charge is 2.17. The Balaban J connectivity index is 1.96. The van der Waals surface area contributed by atoms with E-state index < -0.39 is 0 Å². The van der Waals surface area contributed by atoms with Gasteiger partial charge in [-0.3, -0.25) is 9.59 Å². The van der Waals surface area contributed by atoms with E-state index in [1.165, 1.54) is 0 Å². The van der Waals surface area contributed by atoms with Crippen LogP contribution in [0.15, 0.2) is 60.7 Å². The topological polar surface area (TPSA) is 40.6 Å². The van der Waals surface area contributed by atoms with Gasteiger partial charge in [0.05, 0.1) is 0 Å². The van der Waals surface area contributed by atoms with Crippen LogP contribution in [0.1, 0.15) is 78.1 Å². The summed E-state index contributed by atoms with van der Waals surface area (Å²) in [5.41, 5.74) is 1.93. The number of carbonyl (C=O) groups excluding carboxylic acids is 2. The van der Waals surface area contributed by atoms with E-state index in [1.54, 1.807) is 0 Å². The van der Waals surface area contributed by atoms with Crippen LogP contribution in [0.5, 0.6) is 0 Å². The van der Waals surface area contributed by atoms with Gasteiger partial charge in [0, 0.05) is 37.3 Å². The van der Waals surface area contributed by atoms with Crippen molar-refractivity contribution in [2.75, 3.05) is 22.9 Å². The molecule has 0 unspecified atom stereocenters. The zero-order valence-corrected chi connectivity index (χ0v) is 20.0. The van der Waals surface area contributed by atoms with Gasteiger partial charge in [0.2, 0.25) is 11.8 Å². The fraction of sp³-hybridized carbons (Fsp3) is 0.500. The third-order valence-electron chi connectivity index (χ3n) is 5.74. The lowest BCUT2D eigenvalue weighted by atomic mass is 10.1. The number of amides is 2. The lowest BCUT2D eigenvalue weighted by Gasteiger charge is -2.25. The van der Waals surface area contributed by atoms with Crippen molar-refractivity contribution in [2.45, 2.75) is 78.1 Å². The molecule has 2 rings (SSSR count). The summed E-state index contributed by atoms with van der Waals surface area (Å²) < 4.78 is 0. The summed E-state index contributed by atoms with van der Waals surface area (Å²) >= 11 is 0. The molecule has 4 heteroatoms. The van der Waals surface area contributed by atoms with Gasteiger partial charge in [-0.2, -0.15) is 0 Å². The van der Waals surface area contributed by atoms with Gasteiger partial charge in [-0.15, -0.1) is 0 Å². The number of carbonyl (C=O) groups is 2. The molecule has 0 heterocycles. The molecule has 0 radical (unpaired) electrons. The molecule has 0 fully saturated rings. The minimum Gasteiger partial charge on any atom is -0.312 e. The van der Waals surface area contributed by atoms with Crippen molar-refractivity contribution < 1.29 is 9.59 Å². The first-order valence-electron chi connectivity index (χ1n) is 12.4. The lowest BCUT2D eigenvalue weighted by molar-refractivity contribution is -0.119. The lowest BCUT2D eigenvalue weighted by Crippen LogP contribution is -2.34. The van der Waals surface area contributed by atoms with E-state index in [0.717, 1.165) is 62.7 Å². The van der Waals surface area contributed by atoms with Crippen LogP contribution in [0.4, 0.5) is 11.4 Å². The van der Waals surface area contributed by atoms with Gasteiger partial charge in [-0.05, 0) is 49.9 Å². The summed E-state index contributed by atoms with van der Waals surface area (Å²) in [7, 11) is 0. The van der Waals surface area contributed by atoms with Crippen LogP contribution < -0.4 is 9.80 Å². The van der Waals surface area contributed by atoms with Gasteiger partial charge in [0.15, 0.2) is 0 Å². The largest absolute Gasteiger partial charge is 0.312 e. The average molecular weight is 437 g/mol. The van der Waals surface area contributed by atoms with Crippen LogP contribution in [0.25, 0.3) is 0 Å². The van der Waals surface area contributed by atoms with Gasteiger partial charge < -0.3 is 9.80 Å². The number of anilines is 2. The molecule has 0 saturated carbocycles. The second kappa shape index (κ2) is 15.2. The van der Waals surface area contributed by atoms with E-state index in [4.69, 9.17) is 0 Å². The molecule has 0 aliphatic heterocycles. The molecule has 0 aliphatic rings. The summed E-state index contributed by atoms with van der Waals surface area (Å²) in [6.45, 7) is 5.67. The van der Waals surface area contributed by atoms with E-state index in [9.17, 15) is 9.59 Å². The van der Waals surface area contributed by atoms with E-state index in [1.807, 2.05) is 70.5 Å². The van der Waals surface area contributed by atoms with E-state index in [-0.39, 0.29) is 11.8 Å². The predicted octanol–water partition coefficient (Wildman–Crippen LogP) is 6.99. The van der Waals surface area contributed by atoms with Crippen LogP contribution in [0.2, 0.25) is 0 Å². The first-order chi connectivity index (χ1) is 15.7. The summed E-state index contributed by atoms with van der Waals surface area (Å²) in [5, 5.41) is 0. The first-order valence-corrected chi connectivity index (χ1v) is 12.4. The molecule has 2 amide bonds. The Morgan fingerprint density at radius 1 is 0.562 bits per heavy atom. The molecule has 0 saturated heterocycles. The number of benzene rings is 2. The Morgan fingerprint density at radius 2 is 0.938 bits per heavy atom. The SMILES string of the molecule is CCCCCC(=O)N(CCCCN(C(=O)CCCCC)c1ccccc1)c1ccccc1. The molecular formula is C28H40N2O2. The van der Waals surface area contributed by atoms with Gasteiger partial charge in [0.25, 0.3) is 0 Å². The van der Waals surface area contributed by atoms with Crippen LogP contribution in [-0.2, 0) is 9.59 Å². The highest BCUT2D eigenvalue weighted by atomic mass is 16.2. The maximum absolute atomic E-state index is 12.9. The Hall–Kier alpha value is -2.62. The molecule has 0 N–H and O–H groups in total. The molecule has 32 heavy (non-hydrogen) atoms. The quantitative estimate of drug-likeness (QED) is 0.282. The Morgan fingerprint density at radius 3 is 1.28 bits per heavy atom. The first kappa shape index (κ1) is 25.6. The van der Waals surface area contributed by atoms with Crippen LogP contribution in [0.3, 0.4) is 0 Å². The zero-order chi connectivity index (χ0) is 23.0. The fourth-order valence-corrected chi connectivity index (χ4v) is 3.87. The fourth-order valence-electron chi connectivity index (χ4n) is 3.87. The number of nitrogens with zero attached hydrogens (tertiary/aromatic N) is 2. The highest BCUT2D eigenvalue weighted by Crippen LogP contribution is 2.19. The van der Waals surface area contributed by atoms with Crippen LogP contribution >= 0.6 is 0 Å². The highest BCUT2D eigenvalue weighted by molar-refractivity contribution is 5.94. The molecule has 0 aromatic heterocycles. The Labute approximate surface area is 194 Å². The maximum Gasteiger partial charge on any atom is 0.226 e. The van der Waals surface area contributed by atoms with Crippen LogP contribution in [-0.4, -0.2) is 24.9 Å². The normalized spacial score (nSPS) is 10.7. The van der Waals surface area contributed by atoms with Crippen molar-refractivity contribution in [1.29, 1.82) is 0 Å². The molecule has 0 spiro atoms. The number of para-hydroxylation sites is 2. The number of hydrogen-bond donors (Lipinski definition) is 0. The van der Waals surface area contributed by atoms with Gasteiger partial charge >= 0.3 is 0 Å². The Kier molecular flexibility index (Phi) is 12.2. The van der Waals surface area contributed by atoms with E-state index >= 15 is 0 Å². The predicted molar refractivity (Wildman–Crippen MR) is 135 cm³/mol. The molecule has 174 valence electrons. The molecule has 0 atom stereocenters. The van der Waals surface area contributed by atoms with Crippen molar-refractivity contribution in [3.05, 3.63) is 60.7 Å². The zero-order valence-electron chi connectivity index (χ0n) is 20.0. The van der Waals surface area contributed by atoms with Gasteiger partial charge in [0.1, 0.15) is 0 Å². The Bertz CT molecular complexity index is 709. The average Bonchev–Trinajstić information content (AvgIpc) is 2.82. The van der Waals surface area contributed by atoms with Gasteiger partial charge in [-0.1, -0.05) is 75.9 Å². The molecule has 0 aliphatic carbocycles. The maximum atomic E-state index is 12.9. The third kappa shape index (κ3) is 8.86. The number of hydrogen-bond acceptors (Lipinski definition) is 2. The molecule has 2 aromatic carbocycles. The summed E-state index contributed by atoms with van der Waals surface area (Å²) in [5.74, 6) is 0.389. The second-order valence-electron chi connectivity index (χ2n) is 8.38. The smallest absolute Gasteiger partial charge is 0.226 e. The minimum atomic E-state index is 0.195. The van der Waals surface area contributed by atoms with E-state index in [2.05, 4.69) is 13.8 Å². The van der Waals surface area contributed by atoms with Crippen molar-refractivity contribution in [1.82, 2.24) is 0 Å². The van der Waals surface area contributed by atoms with Crippen LogP contribution in [0, 0.1) is 0 Å². The van der Waals surface area contributed by atoms with Gasteiger partial charge in [-0.25, -0.2) is 0 Å². The third-order valence-corrected chi connectivity index (χ3v) is 5.74. The molecular weight excluding hydrogens is 396 g/mol. The number of unbranched alkanes of at least 4 members (excludes halogenated alkanes) is 5. The summed E-state index contributed by atoms with van der Waals surface area (Å²) in [6.07, 6.45) is 9.17. The second-order valence-corrected chi connectivity index (χ2v) is 8.38. The molecule has 0 bridgehead atoms. The molecule has 4 nitrogen and oxygen atoms in total. The minimum absolute atomic E-state index is 0.195. The summed E-state index contributed by atoms with van der Waals surface area (Å²) in [4.78, 5) is 29.6. The van der Waals surface area contributed by atoms with Crippen molar-refractivity contribution in [2.24, 2.45) is 0 Å². The summed E-state index contributed by atoms with van der Waals surface area (Å²) in [6, 6.07) is 19.9. The van der Waals surface area contributed by atoms with E-state index in [0.29, 0.717) is 25.9 Å². The van der Waals surface area contributed by atoms with Crippen molar-refractivity contribution >= 4 is 23.2 Å². The van der Waals surface area contributed by atoms with Crippen molar-refractivity contribution in [3.63, 3.8) is 0 Å². The van der Waals surface area contributed by atoms with Crippen molar-refractivity contribution in [3.8, 4) is 0 Å². The molecule has 2 aromatic rings. The monoisotopic (exact) mass is 436 g/mol. The standard InChI is InChI=1S/C28H40N2O2/c1-3-5-9-21-27(31)29(25-17-11-7-12-18-25)23-15-16-24-30(26-19-13-8-14-20-26)28(32)22-10-6-4-2/h7-8,11-14,17-20H,3-6,9-10,15-16,21-24H2,1-2H3. The number of rotatable bonds is 15.